The molecule has 0 aliphatic carbocycles. The molecular weight excluding hydrogens is 527 g/mol. The van der Waals surface area contributed by atoms with E-state index in [2.05, 4.69) is 27.9 Å². The summed E-state index contributed by atoms with van der Waals surface area (Å²) >= 11 is 2.20. The van der Waals surface area contributed by atoms with Crippen LogP contribution in [-0.2, 0) is 21.2 Å². The predicted octanol–water partition coefficient (Wildman–Crippen LogP) is 4.37. The third-order valence-corrected chi connectivity index (χ3v) is 7.59. The van der Waals surface area contributed by atoms with Crippen LogP contribution in [0.1, 0.15) is 11.1 Å². The summed E-state index contributed by atoms with van der Waals surface area (Å²) in [5, 5.41) is 2.77. The first kappa shape index (κ1) is 21.6. The Hall–Kier alpha value is -2.59. The normalized spacial score (nSPS) is 13.0. The maximum Gasteiger partial charge on any atom is 0.264 e. The largest absolute Gasteiger partial charge is 0.483 e. The highest BCUT2D eigenvalue weighted by Gasteiger charge is 2.30. The fourth-order valence-corrected chi connectivity index (χ4v) is 5.45. The zero-order valence-corrected chi connectivity index (χ0v) is 19.8. The molecule has 0 bridgehead atoms. The molecule has 1 aliphatic rings. The van der Waals surface area contributed by atoms with Gasteiger partial charge in [-0.15, -0.1) is 0 Å². The van der Waals surface area contributed by atoms with Crippen LogP contribution in [-0.4, -0.2) is 27.5 Å². The summed E-state index contributed by atoms with van der Waals surface area (Å²) in [6.07, 6.45) is 0.700. The van der Waals surface area contributed by atoms with Crippen molar-refractivity contribution in [2.24, 2.45) is 0 Å². The van der Waals surface area contributed by atoms with Gasteiger partial charge in [-0.25, -0.2) is 8.42 Å². The number of sulfonamides is 1. The molecule has 6 nitrogen and oxygen atoms in total. The predicted molar refractivity (Wildman–Crippen MR) is 129 cm³/mol. The Morgan fingerprint density at radius 1 is 1.10 bits per heavy atom. The van der Waals surface area contributed by atoms with Gasteiger partial charge in [0, 0.05) is 15.8 Å². The van der Waals surface area contributed by atoms with Gasteiger partial charge >= 0.3 is 0 Å². The lowest BCUT2D eigenvalue weighted by molar-refractivity contribution is -0.118. The molecule has 3 aromatic carbocycles. The molecular formula is C23H21IN2O4S. The van der Waals surface area contributed by atoms with Crippen LogP contribution in [0.25, 0.3) is 0 Å². The number of hydrogen-bond acceptors (Lipinski definition) is 4. The standard InChI is InChI=1S/C23H21IN2O4S/c1-16-14-20(31(28,29)26-13-12-17-4-2-3-5-21(17)26)10-11-22(16)30-15-23(27)25-19-8-6-18(24)7-9-19/h2-11,14H,12-13,15H2,1H3,(H,25,27). The Morgan fingerprint density at radius 3 is 2.58 bits per heavy atom. The summed E-state index contributed by atoms with van der Waals surface area (Å²) in [5.41, 5.74) is 3.10. The molecule has 4 rings (SSSR count). The molecule has 0 spiro atoms. The van der Waals surface area contributed by atoms with Crippen LogP contribution in [0.2, 0.25) is 0 Å². The Kier molecular flexibility index (Phi) is 6.19. The first-order valence-electron chi connectivity index (χ1n) is 9.74. The van der Waals surface area contributed by atoms with Gasteiger partial charge in [-0.1, -0.05) is 18.2 Å². The molecule has 31 heavy (non-hydrogen) atoms. The number of para-hydroxylation sites is 1. The summed E-state index contributed by atoms with van der Waals surface area (Å²) < 4.78 is 34.5. The van der Waals surface area contributed by atoms with Crippen LogP contribution in [0.3, 0.4) is 0 Å². The highest BCUT2D eigenvalue weighted by atomic mass is 127. The SMILES string of the molecule is Cc1cc(S(=O)(=O)N2CCc3ccccc32)ccc1OCC(=O)Nc1ccc(I)cc1. The zero-order chi connectivity index (χ0) is 22.0. The number of rotatable bonds is 6. The van der Waals surface area contributed by atoms with Gasteiger partial charge in [0.2, 0.25) is 0 Å². The summed E-state index contributed by atoms with van der Waals surface area (Å²) in [6.45, 7) is 2.03. The van der Waals surface area contributed by atoms with Crippen LogP contribution < -0.4 is 14.4 Å². The van der Waals surface area contributed by atoms with Crippen molar-refractivity contribution >= 4 is 49.9 Å². The van der Waals surface area contributed by atoms with Gasteiger partial charge in [-0.3, -0.25) is 9.10 Å². The van der Waals surface area contributed by atoms with E-state index < -0.39 is 10.0 Å². The number of hydrogen-bond donors (Lipinski definition) is 1. The molecule has 160 valence electrons. The minimum absolute atomic E-state index is 0.168. The van der Waals surface area contributed by atoms with Crippen LogP contribution in [0.15, 0.2) is 71.6 Å². The highest BCUT2D eigenvalue weighted by molar-refractivity contribution is 14.1. The van der Waals surface area contributed by atoms with Crippen molar-refractivity contribution in [2.75, 3.05) is 22.8 Å². The average molecular weight is 548 g/mol. The molecule has 1 aliphatic heterocycles. The van der Waals surface area contributed by atoms with E-state index in [1.807, 2.05) is 48.5 Å². The van der Waals surface area contributed by atoms with Gasteiger partial charge in [-0.05, 0) is 95.6 Å². The first-order chi connectivity index (χ1) is 14.8. The number of halogens is 1. The molecule has 3 aromatic rings. The third kappa shape index (κ3) is 4.69. The van der Waals surface area contributed by atoms with Crippen molar-refractivity contribution in [1.82, 2.24) is 0 Å². The van der Waals surface area contributed by atoms with Crippen LogP contribution >= 0.6 is 22.6 Å². The Bertz CT molecular complexity index is 1230. The molecule has 0 aromatic heterocycles. The number of benzene rings is 3. The van der Waals surface area contributed by atoms with Crippen LogP contribution in [0.5, 0.6) is 5.75 Å². The van der Waals surface area contributed by atoms with Crippen LogP contribution in [0.4, 0.5) is 11.4 Å². The maximum absolute atomic E-state index is 13.2. The van der Waals surface area contributed by atoms with Crippen molar-refractivity contribution in [3.8, 4) is 5.75 Å². The van der Waals surface area contributed by atoms with Gasteiger partial charge < -0.3 is 10.1 Å². The summed E-state index contributed by atoms with van der Waals surface area (Å²) in [4.78, 5) is 12.4. The van der Waals surface area contributed by atoms with Crippen molar-refractivity contribution in [1.29, 1.82) is 0 Å². The number of anilines is 2. The van der Waals surface area contributed by atoms with Crippen molar-refractivity contribution in [3.63, 3.8) is 0 Å². The number of nitrogens with zero attached hydrogens (tertiary/aromatic N) is 1. The first-order valence-corrected chi connectivity index (χ1v) is 12.3. The van der Waals surface area contributed by atoms with Gasteiger partial charge in [-0.2, -0.15) is 0 Å². The molecule has 8 heteroatoms. The Labute approximate surface area is 195 Å². The molecule has 1 heterocycles. The van der Waals surface area contributed by atoms with E-state index >= 15 is 0 Å². The molecule has 0 radical (unpaired) electrons. The molecule has 0 unspecified atom stereocenters. The molecule has 0 atom stereocenters. The monoisotopic (exact) mass is 548 g/mol. The number of amides is 1. The fourth-order valence-electron chi connectivity index (χ4n) is 3.50. The van der Waals surface area contributed by atoms with E-state index in [4.69, 9.17) is 4.74 Å². The number of carbonyl (C=O) groups is 1. The number of ether oxygens (including phenoxy) is 1. The van der Waals surface area contributed by atoms with Crippen molar-refractivity contribution in [2.45, 2.75) is 18.2 Å². The van der Waals surface area contributed by atoms with E-state index in [1.165, 1.54) is 10.4 Å². The number of aryl methyl sites for hydroxylation is 1. The lowest BCUT2D eigenvalue weighted by atomic mass is 10.2. The van der Waals surface area contributed by atoms with Gasteiger partial charge in [0.25, 0.3) is 15.9 Å². The fraction of sp³-hybridized carbons (Fsp3) is 0.174. The van der Waals surface area contributed by atoms with Crippen molar-refractivity contribution < 1.29 is 17.9 Å². The van der Waals surface area contributed by atoms with E-state index in [0.29, 0.717) is 30.0 Å². The molecule has 1 N–H and O–H groups in total. The van der Waals surface area contributed by atoms with E-state index in [1.54, 1.807) is 19.1 Å². The minimum Gasteiger partial charge on any atom is -0.483 e. The second-order valence-corrected chi connectivity index (χ2v) is 10.3. The highest BCUT2D eigenvalue weighted by Crippen LogP contribution is 2.33. The van der Waals surface area contributed by atoms with Gasteiger partial charge in [0.05, 0.1) is 10.6 Å². The van der Waals surface area contributed by atoms with E-state index in [-0.39, 0.29) is 17.4 Å². The minimum atomic E-state index is -3.67. The Balaban J connectivity index is 1.44. The quantitative estimate of drug-likeness (QED) is 0.465. The van der Waals surface area contributed by atoms with Crippen molar-refractivity contribution in [3.05, 3.63) is 81.4 Å². The van der Waals surface area contributed by atoms with Gasteiger partial charge in [0.15, 0.2) is 6.61 Å². The number of fused-ring (bicyclic) bond motifs is 1. The second kappa shape index (κ2) is 8.88. The number of carbonyl (C=O) groups excluding carboxylic acids is 1. The summed E-state index contributed by atoms with van der Waals surface area (Å²) in [7, 11) is -3.67. The lowest BCUT2D eigenvalue weighted by Crippen LogP contribution is -2.29. The molecule has 0 fully saturated rings. The third-order valence-electron chi connectivity index (χ3n) is 5.07. The van der Waals surface area contributed by atoms with Gasteiger partial charge in [0.1, 0.15) is 5.75 Å². The van der Waals surface area contributed by atoms with E-state index in [0.717, 1.165) is 14.8 Å². The Morgan fingerprint density at radius 2 is 1.84 bits per heavy atom. The molecule has 0 saturated carbocycles. The zero-order valence-electron chi connectivity index (χ0n) is 16.8. The smallest absolute Gasteiger partial charge is 0.264 e. The maximum atomic E-state index is 13.2. The number of nitrogens with one attached hydrogen (secondary N) is 1. The summed E-state index contributed by atoms with van der Waals surface area (Å²) in [5.74, 6) is 0.185. The van der Waals surface area contributed by atoms with Crippen LogP contribution in [0, 0.1) is 10.5 Å². The second-order valence-electron chi connectivity index (χ2n) is 7.23. The van der Waals surface area contributed by atoms with E-state index in [9.17, 15) is 13.2 Å². The average Bonchev–Trinajstić information content (AvgIpc) is 3.19. The molecule has 0 saturated heterocycles. The summed E-state index contributed by atoms with van der Waals surface area (Å²) in [6, 6.07) is 19.7. The molecule has 1 amide bonds. The topological polar surface area (TPSA) is 75.7 Å². The lowest BCUT2D eigenvalue weighted by Gasteiger charge is -2.20.